The van der Waals surface area contributed by atoms with Crippen molar-refractivity contribution in [2.24, 2.45) is 5.73 Å². The Kier molecular flexibility index (Phi) is 7.23. The molecule has 0 aliphatic rings. The van der Waals surface area contributed by atoms with Crippen molar-refractivity contribution in [1.82, 2.24) is 5.06 Å². The van der Waals surface area contributed by atoms with Crippen LogP contribution in [-0.4, -0.2) is 30.3 Å². The maximum atomic E-state index is 5.84. The van der Waals surface area contributed by atoms with Gasteiger partial charge in [-0.15, -0.1) is 0 Å². The molecular weight excluding hydrogens is 164 g/mol. The predicted octanol–water partition coefficient (Wildman–Crippen LogP) is 1.78. The van der Waals surface area contributed by atoms with Gasteiger partial charge in [0.05, 0.1) is 6.61 Å². The summed E-state index contributed by atoms with van der Waals surface area (Å²) in [5, 5.41) is 2.01. The maximum Gasteiger partial charge on any atom is 0.0657 e. The lowest BCUT2D eigenvalue weighted by molar-refractivity contribution is -0.176. The molecule has 0 amide bonds. The molecule has 0 fully saturated rings. The number of rotatable bonds is 7. The molecule has 13 heavy (non-hydrogen) atoms. The Labute approximate surface area is 82.2 Å². The molecule has 80 valence electrons. The van der Waals surface area contributed by atoms with E-state index in [1.165, 1.54) is 0 Å². The molecular formula is C10H24N2O. The van der Waals surface area contributed by atoms with Gasteiger partial charge >= 0.3 is 0 Å². The van der Waals surface area contributed by atoms with Crippen molar-refractivity contribution in [3.8, 4) is 0 Å². The molecule has 0 aromatic carbocycles. The number of nitrogens with zero attached hydrogens (tertiary/aromatic N) is 1. The number of hydrogen-bond acceptors (Lipinski definition) is 3. The van der Waals surface area contributed by atoms with Crippen LogP contribution in [0.1, 0.15) is 40.5 Å². The molecule has 2 N–H and O–H groups in total. The van der Waals surface area contributed by atoms with Crippen LogP contribution < -0.4 is 5.73 Å². The molecule has 0 heterocycles. The Morgan fingerprint density at radius 2 is 1.92 bits per heavy atom. The average molecular weight is 188 g/mol. The normalized spacial score (nSPS) is 14.1. The molecule has 3 heteroatoms. The zero-order valence-corrected chi connectivity index (χ0v) is 9.42. The van der Waals surface area contributed by atoms with Crippen molar-refractivity contribution in [2.75, 3.05) is 13.2 Å². The van der Waals surface area contributed by atoms with Gasteiger partial charge in [0, 0.05) is 18.6 Å². The summed E-state index contributed by atoms with van der Waals surface area (Å²) < 4.78 is 0. The van der Waals surface area contributed by atoms with Crippen molar-refractivity contribution < 1.29 is 4.84 Å². The Morgan fingerprint density at radius 3 is 2.31 bits per heavy atom. The van der Waals surface area contributed by atoms with E-state index in [1.54, 1.807) is 0 Å². The SMILES string of the molecule is CCON(CC[C@H](N)CC)C(C)C. The monoisotopic (exact) mass is 188 g/mol. The molecule has 0 saturated carbocycles. The van der Waals surface area contributed by atoms with E-state index in [4.69, 9.17) is 10.6 Å². The van der Waals surface area contributed by atoms with Gasteiger partial charge in [-0.3, -0.25) is 4.84 Å². The first-order valence-corrected chi connectivity index (χ1v) is 5.26. The molecule has 0 aliphatic carbocycles. The molecule has 1 atom stereocenters. The minimum absolute atomic E-state index is 0.307. The highest BCUT2D eigenvalue weighted by atomic mass is 16.7. The highest BCUT2D eigenvalue weighted by Crippen LogP contribution is 2.03. The van der Waals surface area contributed by atoms with Crippen LogP contribution in [-0.2, 0) is 4.84 Å². The van der Waals surface area contributed by atoms with Gasteiger partial charge in [-0.1, -0.05) is 6.92 Å². The van der Waals surface area contributed by atoms with Gasteiger partial charge in [0.1, 0.15) is 0 Å². The van der Waals surface area contributed by atoms with Crippen molar-refractivity contribution in [2.45, 2.75) is 52.6 Å². The molecule has 0 spiro atoms. The summed E-state index contributed by atoms with van der Waals surface area (Å²) >= 11 is 0. The molecule has 0 aromatic rings. The van der Waals surface area contributed by atoms with Gasteiger partial charge in [0.2, 0.25) is 0 Å². The molecule has 3 nitrogen and oxygen atoms in total. The molecule has 0 aliphatic heterocycles. The van der Waals surface area contributed by atoms with Gasteiger partial charge in [0.15, 0.2) is 0 Å². The largest absolute Gasteiger partial charge is 0.328 e. The van der Waals surface area contributed by atoms with Crippen LogP contribution in [0, 0.1) is 0 Å². The van der Waals surface area contributed by atoms with Crippen LogP contribution in [0.3, 0.4) is 0 Å². The van der Waals surface area contributed by atoms with Crippen LogP contribution >= 0.6 is 0 Å². The summed E-state index contributed by atoms with van der Waals surface area (Å²) in [7, 11) is 0. The standard InChI is InChI=1S/C10H24N2O/c1-5-10(11)7-8-12(9(3)4)13-6-2/h9-10H,5-8,11H2,1-4H3/t10-/m1/s1. The van der Waals surface area contributed by atoms with E-state index in [9.17, 15) is 0 Å². The third-order valence-corrected chi connectivity index (χ3v) is 2.12. The second kappa shape index (κ2) is 7.30. The van der Waals surface area contributed by atoms with Crippen molar-refractivity contribution in [3.63, 3.8) is 0 Å². The lowest BCUT2D eigenvalue weighted by Gasteiger charge is -2.26. The van der Waals surface area contributed by atoms with Gasteiger partial charge in [-0.2, -0.15) is 5.06 Å². The summed E-state index contributed by atoms with van der Waals surface area (Å²) in [5.41, 5.74) is 5.84. The Bertz CT molecular complexity index is 117. The van der Waals surface area contributed by atoms with Crippen LogP contribution in [0.5, 0.6) is 0 Å². The molecule has 0 rings (SSSR count). The molecule has 0 aromatic heterocycles. The van der Waals surface area contributed by atoms with Crippen LogP contribution in [0.25, 0.3) is 0 Å². The van der Waals surface area contributed by atoms with Gasteiger partial charge < -0.3 is 5.73 Å². The van der Waals surface area contributed by atoms with E-state index < -0.39 is 0 Å². The van der Waals surface area contributed by atoms with Crippen molar-refractivity contribution in [3.05, 3.63) is 0 Å². The first-order chi connectivity index (χ1) is 6.11. The first kappa shape index (κ1) is 12.9. The third kappa shape index (κ3) is 6.02. The van der Waals surface area contributed by atoms with E-state index in [0.717, 1.165) is 26.0 Å². The minimum Gasteiger partial charge on any atom is -0.328 e. The lowest BCUT2D eigenvalue weighted by Crippen LogP contribution is -2.35. The topological polar surface area (TPSA) is 38.5 Å². The number of nitrogens with two attached hydrogens (primary N) is 1. The summed E-state index contributed by atoms with van der Waals surface area (Å²) in [6, 6.07) is 0.741. The Hall–Kier alpha value is -0.120. The van der Waals surface area contributed by atoms with Crippen LogP contribution in [0.15, 0.2) is 0 Å². The fraction of sp³-hybridized carbons (Fsp3) is 1.00. The molecule has 0 radical (unpaired) electrons. The summed E-state index contributed by atoms with van der Waals surface area (Å²) in [4.78, 5) is 5.48. The van der Waals surface area contributed by atoms with E-state index in [-0.39, 0.29) is 0 Å². The first-order valence-electron chi connectivity index (χ1n) is 5.26. The highest BCUT2D eigenvalue weighted by Gasteiger charge is 2.10. The van der Waals surface area contributed by atoms with Crippen molar-refractivity contribution >= 4 is 0 Å². The summed E-state index contributed by atoms with van der Waals surface area (Å²) in [5.74, 6) is 0. The second-order valence-electron chi connectivity index (χ2n) is 3.61. The van der Waals surface area contributed by atoms with E-state index in [0.29, 0.717) is 12.1 Å². The fourth-order valence-electron chi connectivity index (χ4n) is 1.13. The predicted molar refractivity (Wildman–Crippen MR) is 56.4 cm³/mol. The quantitative estimate of drug-likeness (QED) is 0.619. The number of hydroxylamine groups is 2. The summed E-state index contributed by atoms with van der Waals surface area (Å²) in [6.45, 7) is 10.1. The maximum absolute atomic E-state index is 5.84. The van der Waals surface area contributed by atoms with Crippen LogP contribution in [0.2, 0.25) is 0 Å². The summed E-state index contributed by atoms with van der Waals surface area (Å²) in [6.07, 6.45) is 2.05. The van der Waals surface area contributed by atoms with E-state index >= 15 is 0 Å². The zero-order chi connectivity index (χ0) is 10.3. The van der Waals surface area contributed by atoms with Crippen molar-refractivity contribution in [1.29, 1.82) is 0 Å². The average Bonchev–Trinajstić information content (AvgIpc) is 2.11. The molecule has 0 saturated heterocycles. The van der Waals surface area contributed by atoms with Gasteiger partial charge in [0.25, 0.3) is 0 Å². The fourth-order valence-corrected chi connectivity index (χ4v) is 1.13. The van der Waals surface area contributed by atoms with Gasteiger partial charge in [-0.05, 0) is 33.6 Å². The Morgan fingerprint density at radius 1 is 1.31 bits per heavy atom. The van der Waals surface area contributed by atoms with Crippen LogP contribution in [0.4, 0.5) is 0 Å². The number of hydrogen-bond donors (Lipinski definition) is 1. The van der Waals surface area contributed by atoms with Gasteiger partial charge in [-0.25, -0.2) is 0 Å². The lowest BCUT2D eigenvalue weighted by atomic mass is 10.1. The minimum atomic E-state index is 0.307. The smallest absolute Gasteiger partial charge is 0.0657 e. The molecule has 0 unspecified atom stereocenters. The second-order valence-corrected chi connectivity index (χ2v) is 3.61. The third-order valence-electron chi connectivity index (χ3n) is 2.12. The Balaban J connectivity index is 3.68. The van der Waals surface area contributed by atoms with E-state index in [1.807, 2.05) is 12.0 Å². The highest BCUT2D eigenvalue weighted by molar-refractivity contribution is 4.61. The van der Waals surface area contributed by atoms with E-state index in [2.05, 4.69) is 20.8 Å². The zero-order valence-electron chi connectivity index (χ0n) is 9.42. The molecule has 0 bridgehead atoms.